The molecule has 1 aromatic carbocycles. The maximum absolute atomic E-state index is 12.7. The molecule has 4 nitrogen and oxygen atoms in total. The van der Waals surface area contributed by atoms with E-state index in [9.17, 15) is 9.59 Å². The van der Waals surface area contributed by atoms with Gasteiger partial charge in [-0.2, -0.15) is 0 Å². The van der Waals surface area contributed by atoms with Gasteiger partial charge in [-0.25, -0.2) is 0 Å². The van der Waals surface area contributed by atoms with Gasteiger partial charge in [0.25, 0.3) is 0 Å². The maximum atomic E-state index is 12.7. The predicted octanol–water partition coefficient (Wildman–Crippen LogP) is 2.26. The Bertz CT molecular complexity index is 609. The molecule has 1 N–H and O–H groups in total. The van der Waals surface area contributed by atoms with Gasteiger partial charge in [-0.3, -0.25) is 14.5 Å². The van der Waals surface area contributed by atoms with E-state index in [1.165, 1.54) is 16.0 Å². The lowest BCUT2D eigenvalue weighted by molar-refractivity contribution is -0.126. The molecule has 0 radical (unpaired) electrons. The Morgan fingerprint density at radius 3 is 2.67 bits per heavy atom. The van der Waals surface area contributed by atoms with Crippen molar-refractivity contribution in [3.63, 3.8) is 0 Å². The number of carbonyl (C=O) groups excluding carboxylic acids is 2. The summed E-state index contributed by atoms with van der Waals surface area (Å²) in [5.41, 5.74) is 2.64. The molecular weight excluding hydrogens is 264 g/mol. The molecule has 0 aromatic heterocycles. The van der Waals surface area contributed by atoms with Crippen molar-refractivity contribution in [2.45, 2.75) is 40.2 Å². The minimum absolute atomic E-state index is 0.0637. The molecule has 4 heteroatoms. The van der Waals surface area contributed by atoms with Gasteiger partial charge < -0.3 is 5.32 Å². The molecule has 0 aliphatic carbocycles. The number of carbonyl (C=O) groups is 2. The summed E-state index contributed by atoms with van der Waals surface area (Å²) in [6, 6.07) is 5.95. The second-order valence-corrected chi connectivity index (χ2v) is 6.66. The van der Waals surface area contributed by atoms with Crippen LogP contribution < -0.4 is 10.2 Å². The molecule has 21 heavy (non-hydrogen) atoms. The highest BCUT2D eigenvalue weighted by molar-refractivity contribution is 6.22. The second-order valence-electron chi connectivity index (χ2n) is 6.66. The summed E-state index contributed by atoms with van der Waals surface area (Å²) < 4.78 is 0. The van der Waals surface area contributed by atoms with Crippen molar-refractivity contribution in [1.29, 1.82) is 0 Å². The lowest BCUT2D eigenvalue weighted by Gasteiger charge is -2.26. The topological polar surface area (TPSA) is 49.4 Å². The zero-order chi connectivity index (χ0) is 15.2. The average molecular weight is 286 g/mol. The minimum atomic E-state index is -0.578. The predicted molar refractivity (Wildman–Crippen MR) is 81.9 cm³/mol. The van der Waals surface area contributed by atoms with Crippen LogP contribution in [-0.2, 0) is 22.6 Å². The van der Waals surface area contributed by atoms with E-state index < -0.39 is 5.41 Å². The Hall–Kier alpha value is -1.68. The molecule has 1 atom stereocenters. The highest BCUT2D eigenvalue weighted by atomic mass is 16.2. The van der Waals surface area contributed by atoms with Gasteiger partial charge in [0, 0.05) is 13.0 Å². The lowest BCUT2D eigenvalue weighted by Crippen LogP contribution is -2.37. The van der Waals surface area contributed by atoms with Gasteiger partial charge >= 0.3 is 0 Å². The number of fused-ring (bicyclic) bond motifs is 1. The third kappa shape index (κ3) is 2.18. The van der Waals surface area contributed by atoms with Crippen molar-refractivity contribution in [2.24, 2.45) is 11.3 Å². The van der Waals surface area contributed by atoms with Crippen molar-refractivity contribution in [3.05, 3.63) is 29.3 Å². The fraction of sp³-hybridized carbons (Fsp3) is 0.529. The van der Waals surface area contributed by atoms with Gasteiger partial charge in [-0.15, -0.1) is 0 Å². The third-order valence-corrected chi connectivity index (χ3v) is 5.07. The van der Waals surface area contributed by atoms with Crippen molar-refractivity contribution >= 4 is 17.5 Å². The molecule has 1 saturated heterocycles. The lowest BCUT2D eigenvalue weighted by atomic mass is 9.78. The van der Waals surface area contributed by atoms with Crippen LogP contribution in [0, 0.1) is 11.3 Å². The van der Waals surface area contributed by atoms with Crippen LogP contribution in [0.5, 0.6) is 0 Å². The van der Waals surface area contributed by atoms with Crippen LogP contribution in [0.25, 0.3) is 0 Å². The van der Waals surface area contributed by atoms with Crippen molar-refractivity contribution in [3.8, 4) is 0 Å². The van der Waals surface area contributed by atoms with Crippen LogP contribution >= 0.6 is 0 Å². The highest BCUT2D eigenvalue weighted by Gasteiger charge is 2.50. The normalized spacial score (nSPS) is 25.6. The number of amides is 2. The Balaban J connectivity index is 1.97. The van der Waals surface area contributed by atoms with Gasteiger partial charge in [-0.05, 0) is 49.1 Å². The zero-order valence-electron chi connectivity index (χ0n) is 12.9. The Labute approximate surface area is 125 Å². The largest absolute Gasteiger partial charge is 0.312 e. The van der Waals surface area contributed by atoms with Crippen LogP contribution in [0.15, 0.2) is 18.2 Å². The average Bonchev–Trinajstić information content (AvgIpc) is 2.69. The Morgan fingerprint density at radius 1 is 1.24 bits per heavy atom. The summed E-state index contributed by atoms with van der Waals surface area (Å²) in [7, 11) is 0. The molecule has 1 aromatic rings. The monoisotopic (exact) mass is 286 g/mol. The van der Waals surface area contributed by atoms with E-state index in [2.05, 4.69) is 11.4 Å². The molecule has 1 unspecified atom stereocenters. The standard InChI is InChI=1S/C17H22N2O2/c1-11(2)17(3)9-15(20)19(16(17)21)14-5-4-12-6-7-18-10-13(12)8-14/h4-5,8,11,18H,6-7,9-10H2,1-3H3. The molecule has 0 bridgehead atoms. The summed E-state index contributed by atoms with van der Waals surface area (Å²) in [4.78, 5) is 26.5. The van der Waals surface area contributed by atoms with Gasteiger partial charge in [0.2, 0.25) is 11.8 Å². The zero-order valence-corrected chi connectivity index (χ0v) is 12.9. The van der Waals surface area contributed by atoms with Gasteiger partial charge in [0.15, 0.2) is 0 Å². The van der Waals surface area contributed by atoms with Crippen molar-refractivity contribution < 1.29 is 9.59 Å². The molecule has 2 heterocycles. The van der Waals surface area contributed by atoms with Crippen LogP contribution in [0.2, 0.25) is 0 Å². The maximum Gasteiger partial charge on any atom is 0.240 e. The summed E-state index contributed by atoms with van der Waals surface area (Å²) in [6.45, 7) is 7.70. The summed E-state index contributed by atoms with van der Waals surface area (Å²) in [6.07, 6.45) is 1.31. The van der Waals surface area contributed by atoms with E-state index in [1.807, 2.05) is 32.9 Å². The third-order valence-electron chi connectivity index (χ3n) is 5.07. The number of hydrogen-bond donors (Lipinski definition) is 1. The molecule has 0 spiro atoms. The fourth-order valence-corrected chi connectivity index (χ4v) is 3.16. The van der Waals surface area contributed by atoms with Crippen molar-refractivity contribution in [2.75, 3.05) is 11.4 Å². The molecule has 2 amide bonds. The number of benzene rings is 1. The first-order valence-corrected chi connectivity index (χ1v) is 7.63. The van der Waals surface area contributed by atoms with Crippen molar-refractivity contribution in [1.82, 2.24) is 5.32 Å². The SMILES string of the molecule is CC(C)C1(C)CC(=O)N(c2ccc3c(c2)CNCC3)C1=O. The van der Waals surface area contributed by atoms with Crippen LogP contribution in [0.1, 0.15) is 38.3 Å². The number of hydrogen-bond acceptors (Lipinski definition) is 3. The van der Waals surface area contributed by atoms with Gasteiger partial charge in [-0.1, -0.05) is 19.9 Å². The van der Waals surface area contributed by atoms with E-state index >= 15 is 0 Å². The minimum Gasteiger partial charge on any atom is -0.312 e. The van der Waals surface area contributed by atoms with E-state index in [4.69, 9.17) is 0 Å². The Kier molecular flexibility index (Phi) is 3.36. The Morgan fingerprint density at radius 2 is 2.00 bits per heavy atom. The van der Waals surface area contributed by atoms with E-state index in [1.54, 1.807) is 0 Å². The van der Waals surface area contributed by atoms with E-state index in [0.717, 1.165) is 25.2 Å². The summed E-state index contributed by atoms with van der Waals surface area (Å²) >= 11 is 0. The molecule has 2 aliphatic rings. The summed E-state index contributed by atoms with van der Waals surface area (Å²) in [5, 5.41) is 3.33. The van der Waals surface area contributed by atoms with Crippen LogP contribution in [0.3, 0.4) is 0 Å². The summed E-state index contributed by atoms with van der Waals surface area (Å²) in [5.74, 6) is 0.00406. The molecule has 0 saturated carbocycles. The quantitative estimate of drug-likeness (QED) is 0.848. The molecule has 1 fully saturated rings. The first-order chi connectivity index (χ1) is 9.93. The van der Waals surface area contributed by atoms with E-state index in [-0.39, 0.29) is 17.7 Å². The first-order valence-electron chi connectivity index (χ1n) is 7.63. The second kappa shape index (κ2) is 4.95. The number of nitrogens with zero attached hydrogens (tertiary/aromatic N) is 1. The van der Waals surface area contributed by atoms with E-state index in [0.29, 0.717) is 6.42 Å². The number of anilines is 1. The number of imide groups is 1. The molecule has 112 valence electrons. The smallest absolute Gasteiger partial charge is 0.240 e. The number of nitrogens with one attached hydrogen (secondary N) is 1. The molecular formula is C17H22N2O2. The van der Waals surface area contributed by atoms with Gasteiger partial charge in [0.05, 0.1) is 11.1 Å². The van der Waals surface area contributed by atoms with Gasteiger partial charge in [0.1, 0.15) is 0 Å². The fourth-order valence-electron chi connectivity index (χ4n) is 3.16. The highest BCUT2D eigenvalue weighted by Crippen LogP contribution is 2.41. The number of rotatable bonds is 2. The first kappa shape index (κ1) is 14.3. The van der Waals surface area contributed by atoms with Crippen LogP contribution in [-0.4, -0.2) is 18.4 Å². The molecule has 2 aliphatic heterocycles. The molecule has 3 rings (SSSR count). The van der Waals surface area contributed by atoms with Crippen LogP contribution in [0.4, 0.5) is 5.69 Å².